The van der Waals surface area contributed by atoms with E-state index in [4.69, 9.17) is 0 Å². The summed E-state index contributed by atoms with van der Waals surface area (Å²) in [5.41, 5.74) is 2.67. The third-order valence-corrected chi connectivity index (χ3v) is 4.27. The molecule has 0 radical (unpaired) electrons. The Balaban J connectivity index is 1.79. The van der Waals surface area contributed by atoms with Crippen LogP contribution in [0, 0.1) is 24.0 Å². The first-order chi connectivity index (χ1) is 11.5. The van der Waals surface area contributed by atoms with Crippen molar-refractivity contribution in [1.29, 1.82) is 0 Å². The number of nitrogens with zero attached hydrogens (tertiary/aromatic N) is 5. The number of hydrogen-bond acceptors (Lipinski definition) is 6. The molecule has 24 heavy (non-hydrogen) atoms. The van der Waals surface area contributed by atoms with Gasteiger partial charge in [-0.1, -0.05) is 6.07 Å². The van der Waals surface area contributed by atoms with E-state index in [0.717, 1.165) is 49.7 Å². The second kappa shape index (κ2) is 6.82. The van der Waals surface area contributed by atoms with Crippen LogP contribution in [0.3, 0.4) is 0 Å². The number of benzene rings is 1. The Morgan fingerprint density at radius 2 is 1.75 bits per heavy atom. The molecular formula is C17H21N5O2. The minimum Gasteiger partial charge on any atom is -0.364 e. The molecule has 3 rings (SSSR count). The molecule has 1 aliphatic heterocycles. The van der Waals surface area contributed by atoms with Crippen molar-refractivity contribution in [3.63, 3.8) is 0 Å². The molecule has 0 bridgehead atoms. The van der Waals surface area contributed by atoms with Crippen LogP contribution in [0.4, 0.5) is 17.2 Å². The fourth-order valence-electron chi connectivity index (χ4n) is 3.00. The first-order valence-corrected chi connectivity index (χ1v) is 8.10. The van der Waals surface area contributed by atoms with Gasteiger partial charge in [0.15, 0.2) is 5.82 Å². The molecule has 1 fully saturated rings. The number of nitro groups is 1. The lowest BCUT2D eigenvalue weighted by molar-refractivity contribution is -0.384. The van der Waals surface area contributed by atoms with Gasteiger partial charge < -0.3 is 9.80 Å². The highest BCUT2D eigenvalue weighted by Gasteiger charge is 2.22. The first-order valence-electron chi connectivity index (χ1n) is 8.10. The van der Waals surface area contributed by atoms with Crippen LogP contribution in [-0.4, -0.2) is 41.3 Å². The summed E-state index contributed by atoms with van der Waals surface area (Å²) in [4.78, 5) is 15.4. The van der Waals surface area contributed by atoms with E-state index in [1.54, 1.807) is 6.07 Å². The Kier molecular flexibility index (Phi) is 4.59. The maximum atomic E-state index is 11.4. The zero-order chi connectivity index (χ0) is 17.1. The van der Waals surface area contributed by atoms with E-state index in [2.05, 4.69) is 20.0 Å². The SMILES string of the molecule is Cc1ccc(N2CCCN(c3ccc(C)nn3)CC2)c([N+](=O)[O-])c1. The van der Waals surface area contributed by atoms with Crippen LogP contribution in [0.2, 0.25) is 0 Å². The predicted molar refractivity (Wildman–Crippen MR) is 93.6 cm³/mol. The third kappa shape index (κ3) is 3.45. The summed E-state index contributed by atoms with van der Waals surface area (Å²) in [7, 11) is 0. The van der Waals surface area contributed by atoms with Crippen molar-refractivity contribution in [1.82, 2.24) is 10.2 Å². The molecule has 1 saturated heterocycles. The minimum absolute atomic E-state index is 0.179. The first kappa shape index (κ1) is 16.2. The van der Waals surface area contributed by atoms with Crippen molar-refractivity contribution in [2.24, 2.45) is 0 Å². The number of anilines is 2. The molecule has 7 heteroatoms. The van der Waals surface area contributed by atoms with E-state index < -0.39 is 0 Å². The van der Waals surface area contributed by atoms with Crippen molar-refractivity contribution in [2.75, 3.05) is 36.0 Å². The van der Waals surface area contributed by atoms with E-state index in [-0.39, 0.29) is 10.6 Å². The Bertz CT molecular complexity index is 732. The summed E-state index contributed by atoms with van der Waals surface area (Å²) in [6, 6.07) is 9.36. The molecule has 7 nitrogen and oxygen atoms in total. The number of aryl methyl sites for hydroxylation is 2. The van der Waals surface area contributed by atoms with Gasteiger partial charge in [0.05, 0.1) is 10.6 Å². The fourth-order valence-corrected chi connectivity index (χ4v) is 3.00. The number of hydrogen-bond donors (Lipinski definition) is 0. The lowest BCUT2D eigenvalue weighted by atomic mass is 10.1. The second-order valence-corrected chi connectivity index (χ2v) is 6.11. The standard InChI is InChI=1S/C17H21N5O2/c1-13-4-6-15(16(12-13)22(23)24)20-8-3-9-21(11-10-20)17-7-5-14(2)18-19-17/h4-7,12H,3,8-11H2,1-2H3. The highest BCUT2D eigenvalue weighted by Crippen LogP contribution is 2.30. The highest BCUT2D eigenvalue weighted by atomic mass is 16.6. The Hall–Kier alpha value is -2.70. The van der Waals surface area contributed by atoms with Crippen LogP contribution < -0.4 is 9.80 Å². The van der Waals surface area contributed by atoms with Gasteiger partial charge in [0.25, 0.3) is 5.69 Å². The molecule has 126 valence electrons. The van der Waals surface area contributed by atoms with Gasteiger partial charge in [-0.2, -0.15) is 5.10 Å². The van der Waals surface area contributed by atoms with E-state index in [9.17, 15) is 10.1 Å². The van der Waals surface area contributed by atoms with Gasteiger partial charge in [-0.05, 0) is 44.0 Å². The topological polar surface area (TPSA) is 75.4 Å². The second-order valence-electron chi connectivity index (χ2n) is 6.11. The van der Waals surface area contributed by atoms with Gasteiger partial charge in [-0.25, -0.2) is 0 Å². The van der Waals surface area contributed by atoms with Crippen LogP contribution in [0.1, 0.15) is 17.7 Å². The summed E-state index contributed by atoms with van der Waals surface area (Å²) < 4.78 is 0. The maximum absolute atomic E-state index is 11.4. The van der Waals surface area contributed by atoms with Crippen LogP contribution in [0.5, 0.6) is 0 Å². The molecule has 2 heterocycles. The van der Waals surface area contributed by atoms with E-state index in [1.165, 1.54) is 0 Å². The maximum Gasteiger partial charge on any atom is 0.292 e. The molecule has 2 aromatic rings. The largest absolute Gasteiger partial charge is 0.364 e. The number of aromatic nitrogens is 2. The molecule has 0 amide bonds. The van der Waals surface area contributed by atoms with Crippen LogP contribution in [0.25, 0.3) is 0 Å². The fraction of sp³-hybridized carbons (Fsp3) is 0.412. The van der Waals surface area contributed by atoms with Crippen molar-refractivity contribution in [3.8, 4) is 0 Å². The molecule has 0 aliphatic carbocycles. The molecule has 0 spiro atoms. The van der Waals surface area contributed by atoms with Crippen molar-refractivity contribution in [3.05, 3.63) is 51.7 Å². The minimum atomic E-state index is -0.295. The normalized spacial score (nSPS) is 15.2. The van der Waals surface area contributed by atoms with Crippen molar-refractivity contribution in [2.45, 2.75) is 20.3 Å². The van der Waals surface area contributed by atoms with E-state index in [0.29, 0.717) is 5.69 Å². The predicted octanol–water partition coefficient (Wildman–Crippen LogP) is 2.72. The van der Waals surface area contributed by atoms with E-state index in [1.807, 2.05) is 38.1 Å². The van der Waals surface area contributed by atoms with Gasteiger partial charge >= 0.3 is 0 Å². The summed E-state index contributed by atoms with van der Waals surface area (Å²) in [5, 5.41) is 19.7. The molecule has 1 aromatic carbocycles. The van der Waals surface area contributed by atoms with Gasteiger partial charge in [0.1, 0.15) is 5.69 Å². The van der Waals surface area contributed by atoms with Gasteiger partial charge in [0, 0.05) is 32.2 Å². The summed E-state index contributed by atoms with van der Waals surface area (Å²) in [6.45, 7) is 6.93. The molecule has 1 aromatic heterocycles. The quantitative estimate of drug-likeness (QED) is 0.637. The van der Waals surface area contributed by atoms with E-state index >= 15 is 0 Å². The third-order valence-electron chi connectivity index (χ3n) is 4.27. The Morgan fingerprint density at radius 3 is 2.46 bits per heavy atom. The van der Waals surface area contributed by atoms with Crippen LogP contribution in [-0.2, 0) is 0 Å². The summed E-state index contributed by atoms with van der Waals surface area (Å²) in [5.74, 6) is 0.862. The molecule has 1 aliphatic rings. The number of nitro benzene ring substituents is 1. The molecule has 0 saturated carbocycles. The van der Waals surface area contributed by atoms with Crippen LogP contribution in [0.15, 0.2) is 30.3 Å². The van der Waals surface area contributed by atoms with Crippen molar-refractivity contribution < 1.29 is 4.92 Å². The lowest BCUT2D eigenvalue weighted by Crippen LogP contribution is -2.31. The molecule has 0 N–H and O–H groups in total. The zero-order valence-corrected chi connectivity index (χ0v) is 14.0. The van der Waals surface area contributed by atoms with Crippen molar-refractivity contribution >= 4 is 17.2 Å². The van der Waals surface area contributed by atoms with Gasteiger partial charge in [-0.15, -0.1) is 5.10 Å². The summed E-state index contributed by atoms with van der Waals surface area (Å²) >= 11 is 0. The number of rotatable bonds is 3. The van der Waals surface area contributed by atoms with Gasteiger partial charge in [-0.3, -0.25) is 10.1 Å². The highest BCUT2D eigenvalue weighted by molar-refractivity contribution is 5.64. The van der Waals surface area contributed by atoms with Crippen LogP contribution >= 0.6 is 0 Å². The molecule has 0 unspecified atom stereocenters. The molecular weight excluding hydrogens is 306 g/mol. The Labute approximate surface area is 141 Å². The Morgan fingerprint density at radius 1 is 1.00 bits per heavy atom. The average molecular weight is 327 g/mol. The monoisotopic (exact) mass is 327 g/mol. The average Bonchev–Trinajstić information content (AvgIpc) is 2.81. The zero-order valence-electron chi connectivity index (χ0n) is 14.0. The lowest BCUT2D eigenvalue weighted by Gasteiger charge is -2.24. The van der Waals surface area contributed by atoms with Gasteiger partial charge in [0.2, 0.25) is 0 Å². The summed E-state index contributed by atoms with van der Waals surface area (Å²) in [6.07, 6.45) is 0.917. The smallest absolute Gasteiger partial charge is 0.292 e. The molecule has 0 atom stereocenters.